The maximum absolute atomic E-state index is 11.9. The van der Waals surface area contributed by atoms with Crippen LogP contribution in [0.4, 0.5) is 0 Å². The summed E-state index contributed by atoms with van der Waals surface area (Å²) in [7, 11) is 0. The van der Waals surface area contributed by atoms with Gasteiger partial charge in [0.05, 0.1) is 18.7 Å². The highest BCUT2D eigenvalue weighted by atomic mass is 32.1. The van der Waals surface area contributed by atoms with Crippen LogP contribution in [0, 0.1) is 6.92 Å². The largest absolute Gasteiger partial charge is 0.389 e. The van der Waals surface area contributed by atoms with Crippen molar-refractivity contribution in [1.29, 1.82) is 0 Å². The third-order valence-electron chi connectivity index (χ3n) is 2.90. The number of hydrogen-bond acceptors (Lipinski definition) is 4. The van der Waals surface area contributed by atoms with Crippen LogP contribution in [0.1, 0.15) is 22.6 Å². The molecule has 0 aliphatic heterocycles. The Bertz CT molecular complexity index is 655. The first-order valence-corrected chi connectivity index (χ1v) is 6.89. The Hall–Kier alpha value is -2.34. The molecule has 1 heterocycles. The number of aromatic nitrogens is 2. The SMILES string of the molecule is Cc1nccc(CNC(=O)Cc2ccc(C(N)=S)cc2)n1. The van der Waals surface area contributed by atoms with Crippen molar-refractivity contribution in [3.63, 3.8) is 0 Å². The zero-order valence-corrected chi connectivity index (χ0v) is 12.5. The zero-order chi connectivity index (χ0) is 15.2. The molecule has 0 aliphatic rings. The van der Waals surface area contributed by atoms with Crippen LogP contribution in [0.2, 0.25) is 0 Å². The molecule has 0 aliphatic carbocycles. The lowest BCUT2D eigenvalue weighted by molar-refractivity contribution is -0.120. The number of aryl methyl sites for hydroxylation is 1. The summed E-state index contributed by atoms with van der Waals surface area (Å²) in [6.07, 6.45) is 1.99. The lowest BCUT2D eigenvalue weighted by Gasteiger charge is -2.06. The number of carbonyl (C=O) groups excluding carboxylic acids is 1. The standard InChI is InChI=1S/C15H16N4OS/c1-10-17-7-6-13(19-10)9-18-14(20)8-11-2-4-12(5-3-11)15(16)21/h2-7H,8-9H2,1H3,(H2,16,21)(H,18,20). The molecule has 5 nitrogen and oxygen atoms in total. The molecular weight excluding hydrogens is 284 g/mol. The summed E-state index contributed by atoms with van der Waals surface area (Å²) in [5.74, 6) is 0.629. The van der Waals surface area contributed by atoms with Crippen LogP contribution in [0.15, 0.2) is 36.5 Å². The fraction of sp³-hybridized carbons (Fsp3) is 0.200. The van der Waals surface area contributed by atoms with Gasteiger partial charge in [0.15, 0.2) is 0 Å². The maximum atomic E-state index is 11.9. The predicted molar refractivity (Wildman–Crippen MR) is 84.6 cm³/mol. The second kappa shape index (κ2) is 6.90. The summed E-state index contributed by atoms with van der Waals surface area (Å²) < 4.78 is 0. The summed E-state index contributed by atoms with van der Waals surface area (Å²) in [4.78, 5) is 20.5. The number of nitrogens with one attached hydrogen (secondary N) is 1. The fourth-order valence-corrected chi connectivity index (χ4v) is 1.96. The van der Waals surface area contributed by atoms with Crippen molar-refractivity contribution in [2.45, 2.75) is 19.9 Å². The number of thiocarbonyl (C=S) groups is 1. The lowest BCUT2D eigenvalue weighted by Crippen LogP contribution is -2.25. The molecule has 3 N–H and O–H groups in total. The average molecular weight is 300 g/mol. The number of benzene rings is 1. The third-order valence-corrected chi connectivity index (χ3v) is 3.14. The highest BCUT2D eigenvalue weighted by Crippen LogP contribution is 2.05. The molecule has 2 aromatic rings. The Kier molecular flexibility index (Phi) is 4.94. The normalized spacial score (nSPS) is 10.1. The molecule has 1 aromatic heterocycles. The minimum Gasteiger partial charge on any atom is -0.389 e. The molecule has 0 radical (unpaired) electrons. The lowest BCUT2D eigenvalue weighted by atomic mass is 10.1. The van der Waals surface area contributed by atoms with Gasteiger partial charge in [-0.1, -0.05) is 36.5 Å². The van der Waals surface area contributed by atoms with E-state index < -0.39 is 0 Å². The van der Waals surface area contributed by atoms with Crippen molar-refractivity contribution in [2.24, 2.45) is 5.73 Å². The second-order valence-corrected chi connectivity index (χ2v) is 5.05. The summed E-state index contributed by atoms with van der Waals surface area (Å²) in [6.45, 7) is 2.21. The first-order chi connectivity index (χ1) is 10.0. The molecule has 0 bridgehead atoms. The van der Waals surface area contributed by atoms with E-state index in [1.807, 2.05) is 31.2 Å². The molecule has 0 saturated carbocycles. The minimum atomic E-state index is -0.0608. The van der Waals surface area contributed by atoms with E-state index in [9.17, 15) is 4.79 Å². The van der Waals surface area contributed by atoms with Crippen LogP contribution < -0.4 is 11.1 Å². The Morgan fingerprint density at radius 1 is 1.29 bits per heavy atom. The van der Waals surface area contributed by atoms with Crippen LogP contribution >= 0.6 is 12.2 Å². The molecule has 0 atom stereocenters. The van der Waals surface area contributed by atoms with Crippen molar-refractivity contribution in [3.8, 4) is 0 Å². The van der Waals surface area contributed by atoms with Gasteiger partial charge in [0.2, 0.25) is 5.91 Å². The van der Waals surface area contributed by atoms with E-state index in [-0.39, 0.29) is 5.91 Å². The molecule has 108 valence electrons. The van der Waals surface area contributed by atoms with E-state index in [2.05, 4.69) is 15.3 Å². The van der Waals surface area contributed by atoms with E-state index in [4.69, 9.17) is 18.0 Å². The first kappa shape index (κ1) is 15.1. The summed E-state index contributed by atoms with van der Waals surface area (Å²) in [5.41, 5.74) is 8.03. The average Bonchev–Trinajstić information content (AvgIpc) is 2.46. The van der Waals surface area contributed by atoms with Crippen LogP contribution in [-0.2, 0) is 17.8 Å². The van der Waals surface area contributed by atoms with E-state index in [1.54, 1.807) is 12.3 Å². The zero-order valence-electron chi connectivity index (χ0n) is 11.7. The molecule has 2 rings (SSSR count). The number of rotatable bonds is 5. The first-order valence-electron chi connectivity index (χ1n) is 6.48. The number of hydrogen-bond donors (Lipinski definition) is 2. The number of nitrogens with zero attached hydrogens (tertiary/aromatic N) is 2. The molecule has 0 unspecified atom stereocenters. The molecule has 0 spiro atoms. The van der Waals surface area contributed by atoms with Gasteiger partial charge in [0.25, 0.3) is 0 Å². The third kappa shape index (κ3) is 4.61. The predicted octanol–water partition coefficient (Wildman–Crippen LogP) is 1.28. The fourth-order valence-electron chi connectivity index (χ4n) is 1.83. The molecule has 1 amide bonds. The molecular formula is C15H16N4OS. The van der Waals surface area contributed by atoms with E-state index in [0.29, 0.717) is 23.8 Å². The highest BCUT2D eigenvalue weighted by Gasteiger charge is 2.05. The van der Waals surface area contributed by atoms with E-state index >= 15 is 0 Å². The topological polar surface area (TPSA) is 80.9 Å². The van der Waals surface area contributed by atoms with Gasteiger partial charge in [0, 0.05) is 11.8 Å². The summed E-state index contributed by atoms with van der Waals surface area (Å²) in [6, 6.07) is 9.12. The van der Waals surface area contributed by atoms with Gasteiger partial charge < -0.3 is 11.1 Å². The van der Waals surface area contributed by atoms with Gasteiger partial charge in [-0.25, -0.2) is 9.97 Å². The van der Waals surface area contributed by atoms with Crippen LogP contribution in [0.5, 0.6) is 0 Å². The van der Waals surface area contributed by atoms with Gasteiger partial charge in [-0.3, -0.25) is 4.79 Å². The Labute approximate surface area is 128 Å². The Morgan fingerprint density at radius 3 is 2.62 bits per heavy atom. The molecule has 0 saturated heterocycles. The Balaban J connectivity index is 1.88. The van der Waals surface area contributed by atoms with Crippen LogP contribution in [-0.4, -0.2) is 20.9 Å². The van der Waals surface area contributed by atoms with Crippen LogP contribution in [0.25, 0.3) is 0 Å². The van der Waals surface area contributed by atoms with Gasteiger partial charge in [-0.15, -0.1) is 0 Å². The molecule has 0 fully saturated rings. The molecule has 1 aromatic carbocycles. The van der Waals surface area contributed by atoms with Crippen molar-refractivity contribution in [1.82, 2.24) is 15.3 Å². The molecule has 6 heteroatoms. The van der Waals surface area contributed by atoms with Gasteiger partial charge in [0.1, 0.15) is 10.8 Å². The van der Waals surface area contributed by atoms with Gasteiger partial charge in [-0.05, 0) is 18.6 Å². The minimum absolute atomic E-state index is 0.0608. The monoisotopic (exact) mass is 300 g/mol. The highest BCUT2D eigenvalue weighted by molar-refractivity contribution is 7.80. The van der Waals surface area contributed by atoms with Gasteiger partial charge in [-0.2, -0.15) is 0 Å². The smallest absolute Gasteiger partial charge is 0.224 e. The van der Waals surface area contributed by atoms with Crippen molar-refractivity contribution in [3.05, 3.63) is 59.2 Å². The van der Waals surface area contributed by atoms with Crippen molar-refractivity contribution < 1.29 is 4.79 Å². The number of amides is 1. The quantitative estimate of drug-likeness (QED) is 0.813. The van der Waals surface area contributed by atoms with Crippen molar-refractivity contribution in [2.75, 3.05) is 0 Å². The van der Waals surface area contributed by atoms with Crippen molar-refractivity contribution >= 4 is 23.1 Å². The summed E-state index contributed by atoms with van der Waals surface area (Å²) >= 11 is 4.89. The number of carbonyl (C=O) groups is 1. The van der Waals surface area contributed by atoms with E-state index in [0.717, 1.165) is 16.8 Å². The Morgan fingerprint density at radius 2 is 2.00 bits per heavy atom. The number of nitrogens with two attached hydrogens (primary N) is 1. The summed E-state index contributed by atoms with van der Waals surface area (Å²) in [5, 5.41) is 2.83. The van der Waals surface area contributed by atoms with Gasteiger partial charge >= 0.3 is 0 Å². The maximum Gasteiger partial charge on any atom is 0.224 e. The van der Waals surface area contributed by atoms with Crippen LogP contribution in [0.3, 0.4) is 0 Å². The second-order valence-electron chi connectivity index (χ2n) is 4.61. The molecule has 21 heavy (non-hydrogen) atoms. The van der Waals surface area contributed by atoms with E-state index in [1.165, 1.54) is 0 Å².